The summed E-state index contributed by atoms with van der Waals surface area (Å²) >= 11 is 1.36. The molecular weight excluding hydrogens is 296 g/mol. The van der Waals surface area contributed by atoms with E-state index in [-0.39, 0.29) is 0 Å². The van der Waals surface area contributed by atoms with Crippen LogP contribution in [-0.2, 0) is 0 Å². The second kappa shape index (κ2) is 6.53. The maximum atomic E-state index is 5.72. The van der Waals surface area contributed by atoms with Crippen molar-refractivity contribution in [1.29, 1.82) is 0 Å². The van der Waals surface area contributed by atoms with Crippen LogP contribution in [0.2, 0.25) is 0 Å². The van der Waals surface area contributed by atoms with Gasteiger partial charge in [-0.3, -0.25) is 0 Å². The van der Waals surface area contributed by atoms with E-state index in [4.69, 9.17) is 4.74 Å². The van der Waals surface area contributed by atoms with Gasteiger partial charge in [-0.25, -0.2) is 9.97 Å². The Bertz CT molecular complexity index is 743. The molecule has 6 heteroatoms. The third-order valence-electron chi connectivity index (χ3n) is 2.90. The summed E-state index contributed by atoms with van der Waals surface area (Å²) < 4.78 is 10.0. The van der Waals surface area contributed by atoms with E-state index < -0.39 is 0 Å². The Labute approximate surface area is 133 Å². The number of aromatic nitrogens is 3. The molecule has 5 nitrogen and oxygen atoms in total. The van der Waals surface area contributed by atoms with E-state index in [0.29, 0.717) is 11.8 Å². The Kier molecular flexibility index (Phi) is 4.29. The van der Waals surface area contributed by atoms with Crippen LogP contribution in [0, 0.1) is 0 Å². The molecule has 0 fully saturated rings. The fourth-order valence-corrected chi connectivity index (χ4v) is 2.54. The van der Waals surface area contributed by atoms with Gasteiger partial charge in [-0.15, -0.1) is 0 Å². The molecule has 0 saturated heterocycles. The molecule has 0 spiro atoms. The molecule has 1 N–H and O–H groups in total. The molecule has 112 valence electrons. The number of ether oxygens (including phenoxy) is 1. The smallest absolute Gasteiger partial charge is 0.219 e. The minimum atomic E-state index is 0.325. The number of benzene rings is 1. The first kappa shape index (κ1) is 14.5. The highest BCUT2D eigenvalue weighted by Gasteiger charge is 2.08. The number of anilines is 2. The van der Waals surface area contributed by atoms with Gasteiger partial charge in [0.2, 0.25) is 11.0 Å². The average Bonchev–Trinajstić information content (AvgIpc) is 2.97. The highest BCUT2D eigenvalue weighted by atomic mass is 32.1. The zero-order chi connectivity index (χ0) is 15.4. The molecule has 0 amide bonds. The van der Waals surface area contributed by atoms with Crippen molar-refractivity contribution in [3.05, 3.63) is 54.5 Å². The van der Waals surface area contributed by atoms with Crippen molar-refractivity contribution in [3.63, 3.8) is 0 Å². The van der Waals surface area contributed by atoms with Crippen molar-refractivity contribution in [2.75, 3.05) is 5.32 Å². The second-order valence-electron chi connectivity index (χ2n) is 5.04. The minimum absolute atomic E-state index is 0.325. The van der Waals surface area contributed by atoms with Gasteiger partial charge in [0, 0.05) is 41.5 Å². The van der Waals surface area contributed by atoms with Gasteiger partial charge in [-0.05, 0) is 18.2 Å². The number of nitrogens with zero attached hydrogens (tertiary/aromatic N) is 3. The number of nitrogens with one attached hydrogen (secondary N) is 1. The molecule has 0 bridgehead atoms. The Morgan fingerprint density at radius 2 is 2.05 bits per heavy atom. The monoisotopic (exact) mass is 312 g/mol. The van der Waals surface area contributed by atoms with Gasteiger partial charge in [0.25, 0.3) is 0 Å². The molecule has 0 unspecified atom stereocenters. The standard InChI is InChI=1S/C16H16N4OS/c1-11(2)15-19-16(22-20-15)18-12-6-5-7-13(10-12)21-14-8-3-4-9-17-14/h3-11H,1-2H3,(H,18,19,20). The number of hydrogen-bond donors (Lipinski definition) is 1. The van der Waals surface area contributed by atoms with Gasteiger partial charge >= 0.3 is 0 Å². The molecule has 22 heavy (non-hydrogen) atoms. The third kappa shape index (κ3) is 3.59. The SMILES string of the molecule is CC(C)c1nsc(Nc2cccc(Oc3ccccn3)c2)n1. The first-order valence-corrected chi connectivity index (χ1v) is 7.77. The van der Waals surface area contributed by atoms with Crippen LogP contribution in [0.4, 0.5) is 10.8 Å². The summed E-state index contributed by atoms with van der Waals surface area (Å²) in [6, 6.07) is 13.2. The van der Waals surface area contributed by atoms with Crippen molar-refractivity contribution in [2.45, 2.75) is 19.8 Å². The molecule has 1 aromatic carbocycles. The van der Waals surface area contributed by atoms with Gasteiger partial charge in [0.1, 0.15) is 11.6 Å². The van der Waals surface area contributed by atoms with Crippen molar-refractivity contribution >= 4 is 22.4 Å². The van der Waals surface area contributed by atoms with E-state index in [0.717, 1.165) is 22.4 Å². The number of rotatable bonds is 5. The van der Waals surface area contributed by atoms with Crippen molar-refractivity contribution in [1.82, 2.24) is 14.3 Å². The molecule has 2 aromatic heterocycles. The molecule has 0 aliphatic carbocycles. The normalized spacial score (nSPS) is 10.7. The summed E-state index contributed by atoms with van der Waals surface area (Å²) in [4.78, 5) is 8.61. The molecule has 0 saturated carbocycles. The molecule has 0 radical (unpaired) electrons. The van der Waals surface area contributed by atoms with E-state index in [9.17, 15) is 0 Å². The largest absolute Gasteiger partial charge is 0.439 e. The lowest BCUT2D eigenvalue weighted by Crippen LogP contribution is -1.93. The van der Waals surface area contributed by atoms with Gasteiger partial charge < -0.3 is 10.1 Å². The highest BCUT2D eigenvalue weighted by molar-refractivity contribution is 7.09. The predicted octanol–water partition coefficient (Wildman–Crippen LogP) is 4.59. The molecule has 3 aromatic rings. The van der Waals surface area contributed by atoms with Crippen molar-refractivity contribution in [3.8, 4) is 11.6 Å². The zero-order valence-corrected chi connectivity index (χ0v) is 13.2. The van der Waals surface area contributed by atoms with Crippen LogP contribution >= 0.6 is 11.5 Å². The fourth-order valence-electron chi connectivity index (χ4n) is 1.81. The average molecular weight is 312 g/mol. The maximum absolute atomic E-state index is 5.72. The van der Waals surface area contributed by atoms with Gasteiger partial charge in [-0.1, -0.05) is 26.0 Å². The number of hydrogen-bond acceptors (Lipinski definition) is 6. The molecule has 0 atom stereocenters. The van der Waals surface area contributed by atoms with E-state index in [1.54, 1.807) is 6.20 Å². The van der Waals surface area contributed by atoms with Crippen LogP contribution in [0.1, 0.15) is 25.6 Å². The van der Waals surface area contributed by atoms with E-state index in [2.05, 4.69) is 33.5 Å². The minimum Gasteiger partial charge on any atom is -0.439 e. The summed E-state index contributed by atoms with van der Waals surface area (Å²) in [6.45, 7) is 4.15. The first-order chi connectivity index (χ1) is 10.7. The van der Waals surface area contributed by atoms with E-state index in [1.807, 2.05) is 42.5 Å². The molecule has 2 heterocycles. The van der Waals surface area contributed by atoms with E-state index in [1.165, 1.54) is 11.5 Å². The van der Waals surface area contributed by atoms with Crippen LogP contribution in [0.25, 0.3) is 0 Å². The topological polar surface area (TPSA) is 59.9 Å². The first-order valence-electron chi connectivity index (χ1n) is 7.00. The summed E-state index contributed by atoms with van der Waals surface area (Å²) in [5, 5.41) is 4.03. The van der Waals surface area contributed by atoms with Crippen LogP contribution in [0.5, 0.6) is 11.6 Å². The van der Waals surface area contributed by atoms with Gasteiger partial charge in [0.15, 0.2) is 0 Å². The molecule has 0 aliphatic rings. The van der Waals surface area contributed by atoms with Gasteiger partial charge in [0.05, 0.1) is 0 Å². The molecule has 3 rings (SSSR count). The predicted molar refractivity (Wildman–Crippen MR) is 88.0 cm³/mol. The molecular formula is C16H16N4OS. The quantitative estimate of drug-likeness (QED) is 0.746. The van der Waals surface area contributed by atoms with Crippen molar-refractivity contribution in [2.24, 2.45) is 0 Å². The third-order valence-corrected chi connectivity index (χ3v) is 3.55. The Balaban J connectivity index is 1.73. The highest BCUT2D eigenvalue weighted by Crippen LogP contribution is 2.26. The zero-order valence-electron chi connectivity index (χ0n) is 12.4. The van der Waals surface area contributed by atoms with Crippen LogP contribution in [0.15, 0.2) is 48.7 Å². The van der Waals surface area contributed by atoms with Crippen LogP contribution in [-0.4, -0.2) is 14.3 Å². The maximum Gasteiger partial charge on any atom is 0.219 e. The summed E-state index contributed by atoms with van der Waals surface area (Å²) in [7, 11) is 0. The Hall–Kier alpha value is -2.47. The summed E-state index contributed by atoms with van der Waals surface area (Å²) in [6.07, 6.45) is 1.70. The van der Waals surface area contributed by atoms with Crippen molar-refractivity contribution < 1.29 is 4.74 Å². The van der Waals surface area contributed by atoms with Crippen LogP contribution < -0.4 is 10.1 Å². The van der Waals surface area contributed by atoms with Crippen LogP contribution in [0.3, 0.4) is 0 Å². The Morgan fingerprint density at radius 3 is 2.77 bits per heavy atom. The second-order valence-corrected chi connectivity index (χ2v) is 5.79. The summed E-state index contributed by atoms with van der Waals surface area (Å²) in [5.41, 5.74) is 0.903. The fraction of sp³-hybridized carbons (Fsp3) is 0.188. The lowest BCUT2D eigenvalue weighted by atomic mass is 10.2. The summed E-state index contributed by atoms with van der Waals surface area (Å²) in [5.74, 6) is 2.47. The number of pyridine rings is 1. The lowest BCUT2D eigenvalue weighted by molar-refractivity contribution is 0.463. The van der Waals surface area contributed by atoms with Gasteiger partial charge in [-0.2, -0.15) is 4.37 Å². The van der Waals surface area contributed by atoms with E-state index >= 15 is 0 Å². The molecule has 0 aliphatic heterocycles. The Morgan fingerprint density at radius 1 is 1.14 bits per heavy atom. The lowest BCUT2D eigenvalue weighted by Gasteiger charge is -2.07.